The van der Waals surface area contributed by atoms with E-state index in [4.69, 9.17) is 14.4 Å². The fourth-order valence-corrected chi connectivity index (χ4v) is 0. The lowest BCUT2D eigenvalue weighted by atomic mass is 12.0. The van der Waals surface area contributed by atoms with Crippen LogP contribution in [0, 0.1) is 0 Å². The molecule has 0 radical (unpaired) electrons. The zero-order valence-corrected chi connectivity index (χ0v) is 3.05. The first-order valence-electron chi connectivity index (χ1n) is 0.583. The van der Waals surface area contributed by atoms with Crippen LogP contribution >= 0.6 is 8.25 Å². The lowest BCUT2D eigenvalue weighted by molar-refractivity contribution is 0.405. The molecule has 0 saturated carbocycles. The maximum Gasteiger partial charge on any atom is 0.692 e. The van der Waals surface area contributed by atoms with Crippen LogP contribution in [0.4, 0.5) is 4.70 Å². The molecule has 0 aliphatic heterocycles. The minimum absolute atomic E-state index is 0. The van der Waals surface area contributed by atoms with Gasteiger partial charge >= 0.3 is 8.25 Å². The van der Waals surface area contributed by atoms with Gasteiger partial charge in [0.05, 0.1) is 0 Å². The van der Waals surface area contributed by atoms with Crippen molar-refractivity contribution in [2.24, 2.45) is 0 Å². The summed E-state index contributed by atoms with van der Waals surface area (Å²) in [7, 11) is -2.87. The molecule has 0 heterocycles. The van der Waals surface area contributed by atoms with Gasteiger partial charge in [0, 0.05) is 4.57 Å². The molecule has 40 valence electrons. The van der Waals surface area contributed by atoms with Gasteiger partial charge in [0.25, 0.3) is 0 Å². The predicted octanol–water partition coefficient (Wildman–Crippen LogP) is 0.417. The Hall–Kier alpha value is -0.0500. The molecule has 0 atom stereocenters. The summed E-state index contributed by atoms with van der Waals surface area (Å²) in [5.74, 6) is 0. The van der Waals surface area contributed by atoms with Gasteiger partial charge < -0.3 is 0 Å². The molecule has 2 N–H and O–H groups in total. The SMILES string of the molecule is C.F.O=[P+](O)O. The van der Waals surface area contributed by atoms with E-state index in [0.29, 0.717) is 0 Å². The van der Waals surface area contributed by atoms with Crippen LogP contribution in [0.1, 0.15) is 7.43 Å². The van der Waals surface area contributed by atoms with Crippen molar-refractivity contribution in [3.63, 3.8) is 0 Å². The quantitative estimate of drug-likeness (QED) is 0.452. The third-order valence-electron chi connectivity index (χ3n) is 0. The standard InChI is InChI=1S/CH4.FH.HO3P/c;;1-4(2)3/h1H4;1H;(H-,1,2,3)/p+1. The van der Waals surface area contributed by atoms with Gasteiger partial charge in [0.1, 0.15) is 0 Å². The molecule has 0 unspecified atom stereocenters. The second-order valence-corrected chi connectivity index (χ2v) is 0.758. The molecule has 0 saturated heterocycles. The van der Waals surface area contributed by atoms with E-state index < -0.39 is 8.25 Å². The Morgan fingerprint density at radius 2 is 1.33 bits per heavy atom. The molecule has 0 aliphatic carbocycles. The fourth-order valence-electron chi connectivity index (χ4n) is 0. The van der Waals surface area contributed by atoms with Gasteiger partial charge in [0.2, 0.25) is 0 Å². The molecule has 0 aromatic rings. The van der Waals surface area contributed by atoms with E-state index in [9.17, 15) is 0 Å². The molecule has 0 amide bonds. The Kier molecular flexibility index (Phi) is 24.8. The molecule has 0 aromatic heterocycles. The van der Waals surface area contributed by atoms with Crippen LogP contribution in [0.15, 0.2) is 0 Å². The van der Waals surface area contributed by atoms with Gasteiger partial charge in [-0.05, 0) is 0 Å². The Morgan fingerprint density at radius 1 is 1.33 bits per heavy atom. The first-order chi connectivity index (χ1) is 1.73. The van der Waals surface area contributed by atoms with Crippen molar-refractivity contribution >= 4 is 8.25 Å². The first kappa shape index (κ1) is 16.8. The lowest BCUT2D eigenvalue weighted by Crippen LogP contribution is -1.38. The summed E-state index contributed by atoms with van der Waals surface area (Å²) < 4.78 is 8.70. The largest absolute Gasteiger partial charge is 0.692 e. The summed E-state index contributed by atoms with van der Waals surface area (Å²) >= 11 is 0. The normalized spacial score (nSPS) is 4.33. The molecule has 0 bridgehead atoms. The number of hydrogen-bond donors (Lipinski definition) is 2. The van der Waals surface area contributed by atoms with Crippen LogP contribution in [0.2, 0.25) is 0 Å². The minimum atomic E-state index is -2.87. The van der Waals surface area contributed by atoms with E-state index in [1.165, 1.54) is 0 Å². The van der Waals surface area contributed by atoms with Crippen LogP contribution in [-0.2, 0) is 4.57 Å². The van der Waals surface area contributed by atoms with E-state index in [1.807, 2.05) is 0 Å². The Bertz CT molecular complexity index is 33.8. The van der Waals surface area contributed by atoms with Gasteiger partial charge in [-0.25, -0.2) is 0 Å². The highest BCUT2D eigenvalue weighted by atomic mass is 31.1. The smallest absolute Gasteiger partial charge is 0.269 e. The van der Waals surface area contributed by atoms with Crippen LogP contribution in [0.25, 0.3) is 0 Å². The summed E-state index contributed by atoms with van der Waals surface area (Å²) in [6, 6.07) is 0. The summed E-state index contributed by atoms with van der Waals surface area (Å²) in [4.78, 5) is 14.2. The molecule has 0 fully saturated rings. The van der Waals surface area contributed by atoms with Crippen LogP contribution in [-0.4, -0.2) is 9.79 Å². The molecule has 5 heteroatoms. The van der Waals surface area contributed by atoms with Crippen molar-refractivity contribution in [1.82, 2.24) is 0 Å². The van der Waals surface area contributed by atoms with Crippen LogP contribution in [0.5, 0.6) is 0 Å². The first-order valence-corrected chi connectivity index (χ1v) is 1.75. The van der Waals surface area contributed by atoms with Crippen molar-refractivity contribution in [1.29, 1.82) is 0 Å². The Morgan fingerprint density at radius 3 is 1.33 bits per heavy atom. The van der Waals surface area contributed by atoms with Crippen molar-refractivity contribution in [2.75, 3.05) is 0 Å². The van der Waals surface area contributed by atoms with Crippen molar-refractivity contribution in [3.05, 3.63) is 0 Å². The highest BCUT2D eigenvalue weighted by molar-refractivity contribution is 7.30. The van der Waals surface area contributed by atoms with Crippen LogP contribution in [0.3, 0.4) is 0 Å². The Balaban J connectivity index is -0.0000000450. The van der Waals surface area contributed by atoms with Gasteiger partial charge in [-0.2, -0.15) is 0 Å². The summed E-state index contributed by atoms with van der Waals surface area (Å²) in [5, 5.41) is 0. The zero-order chi connectivity index (χ0) is 3.58. The van der Waals surface area contributed by atoms with Crippen molar-refractivity contribution in [3.8, 4) is 0 Å². The fraction of sp³-hybridized carbons (Fsp3) is 1.00. The monoisotopic (exact) mass is 117 g/mol. The van der Waals surface area contributed by atoms with Gasteiger partial charge in [-0.15, -0.1) is 9.79 Å². The van der Waals surface area contributed by atoms with E-state index in [1.54, 1.807) is 0 Å². The van der Waals surface area contributed by atoms with Gasteiger partial charge in [0.15, 0.2) is 0 Å². The third kappa shape index (κ3) is 13700. The molecule has 6 heavy (non-hydrogen) atoms. The number of hydrogen-bond acceptors (Lipinski definition) is 1. The Labute approximate surface area is 35.9 Å². The number of halogens is 1. The lowest BCUT2D eigenvalue weighted by Gasteiger charge is -1.34. The maximum atomic E-state index is 8.70. The molecule has 0 aliphatic rings. The second kappa shape index (κ2) is 8.87. The molecule has 0 rings (SSSR count). The van der Waals surface area contributed by atoms with Crippen molar-refractivity contribution in [2.45, 2.75) is 7.43 Å². The maximum absolute atomic E-state index is 8.70. The average Bonchev–Trinajstić information content (AvgIpc) is 0.811. The zero-order valence-electron chi connectivity index (χ0n) is 2.16. The highest BCUT2D eigenvalue weighted by Crippen LogP contribution is 1.98. The van der Waals surface area contributed by atoms with Crippen LogP contribution < -0.4 is 0 Å². The van der Waals surface area contributed by atoms with E-state index >= 15 is 0 Å². The number of rotatable bonds is 0. The topological polar surface area (TPSA) is 57.5 Å². The van der Waals surface area contributed by atoms with E-state index in [-0.39, 0.29) is 12.1 Å². The average molecular weight is 117 g/mol. The molecule has 3 nitrogen and oxygen atoms in total. The molecule has 0 aromatic carbocycles. The third-order valence-corrected chi connectivity index (χ3v) is 0. The minimum Gasteiger partial charge on any atom is -0.269 e. The second-order valence-electron chi connectivity index (χ2n) is 0.253. The summed E-state index contributed by atoms with van der Waals surface area (Å²) in [5.41, 5.74) is 0. The molecule has 0 spiro atoms. The van der Waals surface area contributed by atoms with E-state index in [2.05, 4.69) is 0 Å². The molecular weight excluding hydrogens is 110 g/mol. The van der Waals surface area contributed by atoms with Gasteiger partial charge in [-0.3, -0.25) is 4.70 Å². The predicted molar refractivity (Wildman–Crippen MR) is 21.3 cm³/mol. The molecular formula is CH7FO3P+. The van der Waals surface area contributed by atoms with Crippen molar-refractivity contribution < 1.29 is 19.1 Å². The highest BCUT2D eigenvalue weighted by Gasteiger charge is 1.93. The summed E-state index contributed by atoms with van der Waals surface area (Å²) in [6.45, 7) is 0. The van der Waals surface area contributed by atoms with E-state index in [0.717, 1.165) is 0 Å². The summed E-state index contributed by atoms with van der Waals surface area (Å²) in [6.07, 6.45) is 0. The van der Waals surface area contributed by atoms with Gasteiger partial charge in [-0.1, -0.05) is 7.43 Å².